The molecule has 0 aromatic rings. The Hall–Kier alpha value is 0.104. The van der Waals surface area contributed by atoms with Crippen molar-refractivity contribution >= 4 is 21.6 Å². The maximum Gasteiger partial charge on any atom is 0.124 e. The van der Waals surface area contributed by atoms with Crippen molar-refractivity contribution < 1.29 is 4.79 Å². The normalized spacial score (nSPS) is 19.0. The van der Waals surface area contributed by atoms with Crippen LogP contribution >= 0.6 is 0 Å². The number of carbonyl (C=O) groups excluding carboxylic acids is 1. The van der Waals surface area contributed by atoms with Crippen LogP contribution in [0.5, 0.6) is 0 Å². The van der Waals surface area contributed by atoms with Gasteiger partial charge in [0.1, 0.15) is 13.5 Å². The highest BCUT2D eigenvalue weighted by atomic mass is 28.3. The lowest BCUT2D eigenvalue weighted by molar-refractivity contribution is -0.110. The van der Waals surface area contributed by atoms with Crippen LogP contribution in [-0.2, 0) is 4.79 Å². The van der Waals surface area contributed by atoms with E-state index in [2.05, 4.69) is 52.1 Å². The third-order valence-corrected chi connectivity index (χ3v) is 7.01. The van der Waals surface area contributed by atoms with Crippen LogP contribution in [-0.4, -0.2) is 21.6 Å². The average molecular weight is 267 g/mol. The predicted octanol–water partition coefficient (Wildman–Crippen LogP) is 4.05. The van der Waals surface area contributed by atoms with E-state index in [1.165, 1.54) is 24.3 Å². The lowest BCUT2D eigenvalue weighted by Crippen LogP contribution is -2.48. The third kappa shape index (κ3) is 4.36. The molecule has 0 amide bonds. The van der Waals surface area contributed by atoms with E-state index in [-0.39, 0.29) is 0 Å². The summed E-state index contributed by atoms with van der Waals surface area (Å²) in [6, 6.07) is 0. The van der Waals surface area contributed by atoms with E-state index < -0.39 is 16.1 Å². The maximum absolute atomic E-state index is 12.6. The summed E-state index contributed by atoms with van der Waals surface area (Å²) in [4.78, 5) is 12.6. The summed E-state index contributed by atoms with van der Waals surface area (Å²) in [5, 5.41) is 0.476. The minimum Gasteiger partial charge on any atom is -0.305 e. The van der Waals surface area contributed by atoms with Gasteiger partial charge in [-0.25, -0.2) is 0 Å². The van der Waals surface area contributed by atoms with Gasteiger partial charge in [-0.3, -0.25) is 0 Å². The molecule has 0 unspecified atom stereocenters. The molecule has 0 aromatic carbocycles. The van der Waals surface area contributed by atoms with E-state index in [1.54, 1.807) is 0 Å². The first-order valence-corrected chi connectivity index (χ1v) is 13.6. The van der Waals surface area contributed by atoms with Gasteiger partial charge < -0.3 is 4.79 Å². The Kier molecular flexibility index (Phi) is 4.81. The molecule has 96 valence electrons. The zero-order chi connectivity index (χ0) is 13.3. The molecule has 1 nitrogen and oxygen atoms in total. The highest BCUT2D eigenvalue weighted by Gasteiger charge is 2.41. The highest BCUT2D eigenvalue weighted by Crippen LogP contribution is 2.36. The fourth-order valence-electron chi connectivity index (χ4n) is 2.04. The number of rotatable bonds is 5. The Balaban J connectivity index is 2.77. The van der Waals surface area contributed by atoms with Gasteiger partial charge in [0.2, 0.25) is 0 Å². The molecule has 1 aliphatic rings. The second kappa shape index (κ2) is 5.39. The molecule has 0 saturated heterocycles. The average Bonchev–Trinajstić information content (AvgIpc) is 2.61. The summed E-state index contributed by atoms with van der Waals surface area (Å²) >= 11 is 0. The second-order valence-electron chi connectivity index (χ2n) is 7.06. The van der Waals surface area contributed by atoms with E-state index in [0.717, 1.165) is 6.42 Å². The smallest absolute Gasteiger partial charge is 0.124 e. The Labute approximate surface area is 109 Å². The molecule has 0 atom stereocenters. The minimum atomic E-state index is -1.71. The van der Waals surface area contributed by atoms with Gasteiger partial charge in [0.05, 0.1) is 8.07 Å². The van der Waals surface area contributed by atoms with E-state index in [1.807, 2.05) is 0 Å². The largest absolute Gasteiger partial charge is 0.305 e. The SMILES string of the molecule is C[Si](C)(C)[C]([CH][C]1[CH]CCC1)C(=O)[Si](C)(C)C. The molecule has 0 bridgehead atoms. The summed E-state index contributed by atoms with van der Waals surface area (Å²) in [7, 11) is -3.23. The first kappa shape index (κ1) is 15.2. The molecule has 3 heteroatoms. The van der Waals surface area contributed by atoms with Crippen molar-refractivity contribution in [3.8, 4) is 0 Å². The molecule has 0 N–H and O–H groups in total. The second-order valence-corrected chi connectivity index (χ2v) is 17.1. The van der Waals surface area contributed by atoms with Gasteiger partial charge in [-0.1, -0.05) is 45.7 Å². The van der Waals surface area contributed by atoms with Crippen LogP contribution in [0.25, 0.3) is 0 Å². The summed E-state index contributed by atoms with van der Waals surface area (Å²) < 4.78 is 0. The maximum atomic E-state index is 12.6. The monoisotopic (exact) mass is 266 g/mol. The molecule has 0 aromatic heterocycles. The fourth-order valence-corrected chi connectivity index (χ4v) is 6.47. The first-order chi connectivity index (χ1) is 7.62. The van der Waals surface area contributed by atoms with Crippen LogP contribution < -0.4 is 0 Å². The first-order valence-electron chi connectivity index (χ1n) is 6.58. The van der Waals surface area contributed by atoms with Crippen LogP contribution in [0.1, 0.15) is 19.3 Å². The fraction of sp³-hybridized carbons (Fsp3) is 0.643. The Bertz CT molecular complexity index is 267. The van der Waals surface area contributed by atoms with Gasteiger partial charge in [-0.2, -0.15) is 0 Å². The van der Waals surface area contributed by atoms with Crippen molar-refractivity contribution in [1.29, 1.82) is 0 Å². The van der Waals surface area contributed by atoms with Crippen molar-refractivity contribution in [3.05, 3.63) is 24.3 Å². The molecule has 1 fully saturated rings. The Morgan fingerprint density at radius 3 is 2.06 bits per heavy atom. The lowest BCUT2D eigenvalue weighted by Gasteiger charge is -2.33. The number of hydrogen-bond donors (Lipinski definition) is 0. The van der Waals surface area contributed by atoms with Crippen molar-refractivity contribution in [1.82, 2.24) is 0 Å². The molecular formula is C14H26OSi2. The molecule has 1 saturated carbocycles. The molecule has 4 radical (unpaired) electrons. The van der Waals surface area contributed by atoms with E-state index in [9.17, 15) is 4.79 Å². The molecule has 1 rings (SSSR count). The van der Waals surface area contributed by atoms with Crippen LogP contribution in [0.15, 0.2) is 0 Å². The van der Waals surface area contributed by atoms with E-state index in [4.69, 9.17) is 0 Å². The number of carbonyl (C=O) groups is 1. The summed E-state index contributed by atoms with van der Waals surface area (Å²) in [5.74, 6) is 1.40. The molecule has 0 heterocycles. The standard InChI is InChI=1S/C14H26OSi2/c1-16(2,3)13(14(15)17(4,5)6)11-12-9-7-8-10-12/h9,11H,7-8,10H2,1-6H3. The predicted molar refractivity (Wildman–Crippen MR) is 80.6 cm³/mol. The van der Waals surface area contributed by atoms with Gasteiger partial charge in [0, 0.05) is 5.54 Å². The zero-order valence-electron chi connectivity index (χ0n) is 12.2. The van der Waals surface area contributed by atoms with Crippen molar-refractivity contribution in [3.63, 3.8) is 0 Å². The van der Waals surface area contributed by atoms with Gasteiger partial charge in [-0.15, -0.1) is 0 Å². The quantitative estimate of drug-likeness (QED) is 0.686. The Morgan fingerprint density at radius 2 is 1.71 bits per heavy atom. The van der Waals surface area contributed by atoms with Gasteiger partial charge in [0.25, 0.3) is 0 Å². The molecule has 0 spiro atoms. The third-order valence-electron chi connectivity index (χ3n) is 3.14. The molecular weight excluding hydrogens is 240 g/mol. The van der Waals surface area contributed by atoms with Crippen molar-refractivity contribution in [2.24, 2.45) is 0 Å². The van der Waals surface area contributed by atoms with Crippen LogP contribution in [0.3, 0.4) is 0 Å². The van der Waals surface area contributed by atoms with Gasteiger partial charge in [0.15, 0.2) is 0 Å². The van der Waals surface area contributed by atoms with Crippen LogP contribution in [0.4, 0.5) is 0 Å². The summed E-state index contributed by atoms with van der Waals surface area (Å²) in [6.07, 6.45) is 8.14. The number of hydrogen-bond acceptors (Lipinski definition) is 1. The van der Waals surface area contributed by atoms with Gasteiger partial charge >= 0.3 is 0 Å². The van der Waals surface area contributed by atoms with Crippen LogP contribution in [0, 0.1) is 24.3 Å². The molecule has 0 aliphatic heterocycles. The lowest BCUT2D eigenvalue weighted by atomic mass is 10.0. The van der Waals surface area contributed by atoms with E-state index >= 15 is 0 Å². The highest BCUT2D eigenvalue weighted by molar-refractivity contribution is 7.10. The Morgan fingerprint density at radius 1 is 1.12 bits per heavy atom. The molecule has 1 aliphatic carbocycles. The van der Waals surface area contributed by atoms with Gasteiger partial charge in [-0.05, 0) is 31.6 Å². The van der Waals surface area contributed by atoms with Crippen LogP contribution in [0.2, 0.25) is 39.3 Å². The van der Waals surface area contributed by atoms with Crippen molar-refractivity contribution in [2.45, 2.75) is 58.5 Å². The zero-order valence-corrected chi connectivity index (χ0v) is 14.2. The minimum absolute atomic E-state index is 0.476. The van der Waals surface area contributed by atoms with E-state index in [0.29, 0.717) is 5.41 Å². The topological polar surface area (TPSA) is 17.1 Å². The summed E-state index contributed by atoms with van der Waals surface area (Å²) in [5.41, 5.74) is 1.17. The van der Waals surface area contributed by atoms with Crippen molar-refractivity contribution in [2.75, 3.05) is 0 Å². The summed E-state index contributed by atoms with van der Waals surface area (Å²) in [6.45, 7) is 13.3. The molecule has 17 heavy (non-hydrogen) atoms.